The molecule has 1 fully saturated rings. The Labute approximate surface area is 117 Å². The summed E-state index contributed by atoms with van der Waals surface area (Å²) in [5, 5.41) is 15.9. The van der Waals surface area contributed by atoms with Crippen LogP contribution in [0, 0.1) is 5.41 Å². The fourth-order valence-corrected chi connectivity index (χ4v) is 2.91. The molecule has 20 heavy (non-hydrogen) atoms. The van der Waals surface area contributed by atoms with Crippen molar-refractivity contribution in [2.45, 2.75) is 45.1 Å². The molecule has 1 heterocycles. The summed E-state index contributed by atoms with van der Waals surface area (Å²) in [6.07, 6.45) is 5.55. The van der Waals surface area contributed by atoms with Gasteiger partial charge in [0.25, 0.3) is 0 Å². The molecule has 1 aliphatic carbocycles. The Hall–Kier alpha value is -1.92. The first kappa shape index (κ1) is 14.5. The third kappa shape index (κ3) is 3.79. The number of aromatic nitrogens is 3. The van der Waals surface area contributed by atoms with Gasteiger partial charge in [0.05, 0.1) is 13.0 Å². The van der Waals surface area contributed by atoms with Gasteiger partial charge in [-0.15, -0.1) is 0 Å². The second kappa shape index (κ2) is 6.02. The number of aryl methyl sites for hydroxylation is 1. The molecular weight excluding hydrogens is 260 g/mol. The molecule has 7 heteroatoms. The second-order valence-corrected chi connectivity index (χ2v) is 5.57. The minimum atomic E-state index is -0.828. The van der Waals surface area contributed by atoms with Crippen LogP contribution in [-0.4, -0.2) is 31.7 Å². The second-order valence-electron chi connectivity index (χ2n) is 5.57. The number of carboxylic acid groups (broad SMARTS) is 1. The van der Waals surface area contributed by atoms with E-state index in [0.29, 0.717) is 5.82 Å². The van der Waals surface area contributed by atoms with Crippen molar-refractivity contribution >= 4 is 11.9 Å². The lowest BCUT2D eigenvalue weighted by Gasteiger charge is -2.26. The highest BCUT2D eigenvalue weighted by Gasteiger charge is 2.37. The molecule has 1 aromatic rings. The highest BCUT2D eigenvalue weighted by Crippen LogP contribution is 2.43. The molecule has 0 bridgehead atoms. The van der Waals surface area contributed by atoms with Gasteiger partial charge in [0.1, 0.15) is 6.33 Å². The monoisotopic (exact) mass is 280 g/mol. The van der Waals surface area contributed by atoms with E-state index in [4.69, 9.17) is 5.11 Å². The summed E-state index contributed by atoms with van der Waals surface area (Å²) in [5.41, 5.74) is -0.368. The molecule has 1 amide bonds. The predicted octanol–water partition coefficient (Wildman–Crippen LogP) is 0.856. The number of rotatable bonds is 6. The molecule has 0 atom stereocenters. The minimum Gasteiger partial charge on any atom is -0.481 e. The summed E-state index contributed by atoms with van der Waals surface area (Å²) >= 11 is 0. The van der Waals surface area contributed by atoms with E-state index >= 15 is 0 Å². The topological polar surface area (TPSA) is 97.1 Å². The molecular formula is C13H20N4O3. The Kier molecular flexibility index (Phi) is 4.36. The molecule has 1 aliphatic rings. The van der Waals surface area contributed by atoms with Crippen molar-refractivity contribution in [2.24, 2.45) is 12.5 Å². The Bertz CT molecular complexity index is 492. The van der Waals surface area contributed by atoms with Gasteiger partial charge in [-0.25, -0.2) is 4.98 Å². The first-order valence-corrected chi connectivity index (χ1v) is 6.82. The fourth-order valence-electron chi connectivity index (χ4n) is 2.91. The van der Waals surface area contributed by atoms with Crippen molar-refractivity contribution in [3.63, 3.8) is 0 Å². The smallest absolute Gasteiger partial charge is 0.303 e. The Morgan fingerprint density at radius 2 is 2.10 bits per heavy atom. The van der Waals surface area contributed by atoms with Crippen molar-refractivity contribution < 1.29 is 14.7 Å². The molecule has 1 aromatic heterocycles. The van der Waals surface area contributed by atoms with Crippen LogP contribution in [0.1, 0.15) is 44.3 Å². The Balaban J connectivity index is 1.87. The zero-order valence-electron chi connectivity index (χ0n) is 11.6. The van der Waals surface area contributed by atoms with Crippen LogP contribution < -0.4 is 5.32 Å². The Morgan fingerprint density at radius 1 is 1.40 bits per heavy atom. The maximum Gasteiger partial charge on any atom is 0.303 e. The number of carboxylic acids is 1. The van der Waals surface area contributed by atoms with Crippen LogP contribution >= 0.6 is 0 Å². The molecule has 0 radical (unpaired) electrons. The van der Waals surface area contributed by atoms with Gasteiger partial charge in [-0.3, -0.25) is 14.3 Å². The lowest BCUT2D eigenvalue weighted by atomic mass is 9.79. The largest absolute Gasteiger partial charge is 0.481 e. The molecule has 0 saturated heterocycles. The van der Waals surface area contributed by atoms with Crippen LogP contribution in [0.25, 0.3) is 0 Å². The van der Waals surface area contributed by atoms with Crippen LogP contribution in [0.5, 0.6) is 0 Å². The zero-order valence-corrected chi connectivity index (χ0v) is 11.6. The van der Waals surface area contributed by atoms with Crippen molar-refractivity contribution in [2.75, 3.05) is 0 Å². The van der Waals surface area contributed by atoms with Crippen LogP contribution in [0.3, 0.4) is 0 Å². The maximum absolute atomic E-state index is 12.0. The molecule has 1 saturated carbocycles. The summed E-state index contributed by atoms with van der Waals surface area (Å²) in [6.45, 7) is 0.281. The first-order chi connectivity index (χ1) is 9.49. The fraction of sp³-hybridized carbons (Fsp3) is 0.692. The predicted molar refractivity (Wildman–Crippen MR) is 70.6 cm³/mol. The lowest BCUT2D eigenvalue weighted by Crippen LogP contribution is -2.32. The SMILES string of the molecule is Cn1cnc(CNC(=O)CC2(CC(=O)O)CCCC2)n1. The molecule has 2 rings (SSSR count). The van der Waals surface area contributed by atoms with Gasteiger partial charge in [-0.1, -0.05) is 12.8 Å². The van der Waals surface area contributed by atoms with Crippen molar-refractivity contribution in [1.29, 1.82) is 0 Å². The molecule has 110 valence electrons. The van der Waals surface area contributed by atoms with E-state index in [1.54, 1.807) is 18.1 Å². The van der Waals surface area contributed by atoms with Crippen molar-refractivity contribution in [3.05, 3.63) is 12.2 Å². The minimum absolute atomic E-state index is 0.0717. The third-order valence-electron chi connectivity index (χ3n) is 3.82. The number of hydrogen-bond acceptors (Lipinski definition) is 4. The number of carbonyl (C=O) groups is 2. The molecule has 0 unspecified atom stereocenters. The Morgan fingerprint density at radius 3 is 2.65 bits per heavy atom. The summed E-state index contributed by atoms with van der Waals surface area (Å²) in [4.78, 5) is 27.0. The number of amides is 1. The summed E-state index contributed by atoms with van der Waals surface area (Å²) in [5.74, 6) is -0.397. The van der Waals surface area contributed by atoms with Crippen LogP contribution in [-0.2, 0) is 23.2 Å². The first-order valence-electron chi connectivity index (χ1n) is 6.82. The van der Waals surface area contributed by atoms with E-state index in [1.165, 1.54) is 0 Å². The molecule has 0 spiro atoms. The quantitative estimate of drug-likeness (QED) is 0.805. The normalized spacial score (nSPS) is 17.1. The van der Waals surface area contributed by atoms with E-state index in [0.717, 1.165) is 25.7 Å². The van der Waals surface area contributed by atoms with Gasteiger partial charge in [-0.2, -0.15) is 5.10 Å². The molecule has 2 N–H and O–H groups in total. The number of carbonyl (C=O) groups excluding carboxylic acids is 1. The molecule has 7 nitrogen and oxygen atoms in total. The number of nitrogens with one attached hydrogen (secondary N) is 1. The molecule has 0 aliphatic heterocycles. The highest BCUT2D eigenvalue weighted by molar-refractivity contribution is 5.78. The standard InChI is InChI=1S/C13H20N4O3/c1-17-9-15-10(16-17)8-14-11(18)6-13(7-12(19)20)4-2-3-5-13/h9H,2-8H2,1H3,(H,14,18)(H,19,20). The van der Waals surface area contributed by atoms with Crippen molar-refractivity contribution in [3.8, 4) is 0 Å². The van der Waals surface area contributed by atoms with E-state index in [1.807, 2.05) is 0 Å². The van der Waals surface area contributed by atoms with E-state index < -0.39 is 5.97 Å². The number of hydrogen-bond donors (Lipinski definition) is 2. The van der Waals surface area contributed by atoms with Crippen LogP contribution in [0.4, 0.5) is 0 Å². The van der Waals surface area contributed by atoms with Gasteiger partial charge >= 0.3 is 5.97 Å². The zero-order chi connectivity index (χ0) is 14.6. The van der Waals surface area contributed by atoms with E-state index in [2.05, 4.69) is 15.4 Å². The van der Waals surface area contributed by atoms with Crippen LogP contribution in [0.2, 0.25) is 0 Å². The maximum atomic E-state index is 12.0. The lowest BCUT2D eigenvalue weighted by molar-refractivity contribution is -0.140. The third-order valence-corrected chi connectivity index (χ3v) is 3.82. The van der Waals surface area contributed by atoms with Gasteiger partial charge in [0.2, 0.25) is 5.91 Å². The summed E-state index contributed by atoms with van der Waals surface area (Å²) < 4.78 is 1.57. The van der Waals surface area contributed by atoms with E-state index in [-0.39, 0.29) is 30.7 Å². The van der Waals surface area contributed by atoms with Gasteiger partial charge in [-0.05, 0) is 18.3 Å². The number of aliphatic carboxylic acids is 1. The summed E-state index contributed by atoms with van der Waals surface area (Å²) in [6, 6.07) is 0. The van der Waals surface area contributed by atoms with Crippen molar-refractivity contribution in [1.82, 2.24) is 20.1 Å². The summed E-state index contributed by atoms with van der Waals surface area (Å²) in [7, 11) is 1.76. The average Bonchev–Trinajstić information content (AvgIpc) is 2.95. The van der Waals surface area contributed by atoms with Gasteiger partial charge in [0.15, 0.2) is 5.82 Å². The van der Waals surface area contributed by atoms with Crippen LogP contribution in [0.15, 0.2) is 6.33 Å². The highest BCUT2D eigenvalue weighted by atomic mass is 16.4. The number of nitrogens with zero attached hydrogens (tertiary/aromatic N) is 3. The van der Waals surface area contributed by atoms with Gasteiger partial charge in [0, 0.05) is 13.5 Å². The molecule has 0 aromatic carbocycles. The van der Waals surface area contributed by atoms with Gasteiger partial charge < -0.3 is 10.4 Å². The average molecular weight is 280 g/mol. The van der Waals surface area contributed by atoms with E-state index in [9.17, 15) is 9.59 Å².